The summed E-state index contributed by atoms with van der Waals surface area (Å²) in [6.07, 6.45) is 1.12. The first-order valence-electron chi connectivity index (χ1n) is 8.63. The van der Waals surface area contributed by atoms with Crippen LogP contribution in [0.15, 0.2) is 77.7 Å². The minimum atomic E-state index is -3.30. The fourth-order valence-corrected chi connectivity index (χ4v) is 4.19. The number of hydrogen-bond acceptors (Lipinski definition) is 6. The molecule has 1 N–H and O–H groups in total. The van der Waals surface area contributed by atoms with E-state index in [-0.39, 0.29) is 10.8 Å². The molecule has 0 radical (unpaired) electrons. The number of fused-ring (bicyclic) bond motifs is 1. The Morgan fingerprint density at radius 2 is 1.69 bits per heavy atom. The number of ether oxygens (including phenoxy) is 1. The Balaban J connectivity index is 1.51. The number of carbonyl (C=O) groups is 1. The smallest absolute Gasteiger partial charge is 0.257 e. The molecule has 0 unspecified atom stereocenters. The standard InChI is InChI=1S/C21H16N2O4S2/c1-29(25,26)17-10-7-14(8-11-17)20(24)23-21-22-18-12-9-16(13-19(18)28-21)27-15-5-3-2-4-6-15/h2-13H,1H3,(H,22,23,24). The molecule has 4 rings (SSSR count). The highest BCUT2D eigenvalue weighted by molar-refractivity contribution is 7.90. The van der Waals surface area contributed by atoms with Crippen LogP contribution in [-0.2, 0) is 9.84 Å². The van der Waals surface area contributed by atoms with E-state index >= 15 is 0 Å². The summed E-state index contributed by atoms with van der Waals surface area (Å²) in [5, 5.41) is 3.21. The second kappa shape index (κ2) is 7.65. The van der Waals surface area contributed by atoms with Crippen LogP contribution in [0.4, 0.5) is 5.13 Å². The average Bonchev–Trinajstić information content (AvgIpc) is 3.09. The second-order valence-corrected chi connectivity index (χ2v) is 9.36. The number of benzene rings is 3. The molecule has 0 spiro atoms. The SMILES string of the molecule is CS(=O)(=O)c1ccc(C(=O)Nc2nc3ccc(Oc4ccccc4)cc3s2)cc1. The lowest BCUT2D eigenvalue weighted by molar-refractivity contribution is 0.102. The fourth-order valence-electron chi connectivity index (χ4n) is 2.67. The maximum absolute atomic E-state index is 12.4. The van der Waals surface area contributed by atoms with E-state index in [2.05, 4.69) is 10.3 Å². The van der Waals surface area contributed by atoms with Crippen LogP contribution < -0.4 is 10.1 Å². The lowest BCUT2D eigenvalue weighted by Crippen LogP contribution is -2.11. The van der Waals surface area contributed by atoms with Crippen LogP contribution in [0.2, 0.25) is 0 Å². The molecule has 1 aromatic heterocycles. The van der Waals surface area contributed by atoms with Crippen LogP contribution in [0.25, 0.3) is 10.2 Å². The van der Waals surface area contributed by atoms with E-state index < -0.39 is 9.84 Å². The van der Waals surface area contributed by atoms with Crippen LogP contribution >= 0.6 is 11.3 Å². The molecule has 0 fully saturated rings. The number of thiazole rings is 1. The Labute approximate surface area is 171 Å². The number of rotatable bonds is 5. The van der Waals surface area contributed by atoms with Crippen molar-refractivity contribution in [2.75, 3.05) is 11.6 Å². The highest BCUT2D eigenvalue weighted by Crippen LogP contribution is 2.31. The van der Waals surface area contributed by atoms with Gasteiger partial charge in [-0.05, 0) is 48.5 Å². The summed E-state index contributed by atoms with van der Waals surface area (Å²) in [6.45, 7) is 0. The zero-order valence-electron chi connectivity index (χ0n) is 15.3. The second-order valence-electron chi connectivity index (χ2n) is 6.31. The topological polar surface area (TPSA) is 85.4 Å². The molecule has 29 heavy (non-hydrogen) atoms. The van der Waals surface area contributed by atoms with Crippen molar-refractivity contribution < 1.29 is 17.9 Å². The predicted molar refractivity (Wildman–Crippen MR) is 114 cm³/mol. The summed E-state index contributed by atoms with van der Waals surface area (Å²) in [5.74, 6) is 1.06. The Hall–Kier alpha value is -3.23. The van der Waals surface area contributed by atoms with Gasteiger partial charge in [0, 0.05) is 17.9 Å². The highest BCUT2D eigenvalue weighted by atomic mass is 32.2. The normalized spacial score (nSPS) is 11.3. The van der Waals surface area contributed by atoms with E-state index in [1.807, 2.05) is 48.5 Å². The summed E-state index contributed by atoms with van der Waals surface area (Å²) in [4.78, 5) is 17.0. The van der Waals surface area contributed by atoms with Crippen LogP contribution in [0.1, 0.15) is 10.4 Å². The molecule has 0 atom stereocenters. The molecule has 8 heteroatoms. The maximum Gasteiger partial charge on any atom is 0.257 e. The number of carbonyl (C=O) groups excluding carboxylic acids is 1. The van der Waals surface area contributed by atoms with Gasteiger partial charge in [-0.3, -0.25) is 10.1 Å². The molecule has 0 aliphatic rings. The first kappa shape index (κ1) is 19.1. The molecule has 0 aliphatic heterocycles. The third-order valence-electron chi connectivity index (χ3n) is 4.10. The van der Waals surface area contributed by atoms with Gasteiger partial charge in [0.1, 0.15) is 11.5 Å². The third kappa shape index (κ3) is 4.44. The number of anilines is 1. The first-order valence-corrected chi connectivity index (χ1v) is 11.3. The molecule has 4 aromatic rings. The zero-order chi connectivity index (χ0) is 20.4. The molecule has 0 bridgehead atoms. The summed E-state index contributed by atoms with van der Waals surface area (Å²) >= 11 is 1.33. The van der Waals surface area contributed by atoms with Gasteiger partial charge < -0.3 is 4.74 Å². The van der Waals surface area contributed by atoms with Gasteiger partial charge in [-0.25, -0.2) is 13.4 Å². The van der Waals surface area contributed by atoms with Crippen LogP contribution in [0, 0.1) is 0 Å². The molecular weight excluding hydrogens is 408 g/mol. The summed E-state index contributed by atoms with van der Waals surface area (Å²) in [6, 6.07) is 20.8. The molecular formula is C21H16N2O4S2. The van der Waals surface area contributed by atoms with Crippen molar-refractivity contribution in [3.63, 3.8) is 0 Å². The highest BCUT2D eigenvalue weighted by Gasteiger charge is 2.13. The third-order valence-corrected chi connectivity index (χ3v) is 6.17. The van der Waals surface area contributed by atoms with Crippen molar-refractivity contribution in [1.82, 2.24) is 4.98 Å². The Morgan fingerprint density at radius 1 is 0.966 bits per heavy atom. The van der Waals surface area contributed by atoms with Gasteiger partial charge in [0.15, 0.2) is 15.0 Å². The lowest BCUT2D eigenvalue weighted by atomic mass is 10.2. The number of nitrogens with zero attached hydrogens (tertiary/aromatic N) is 1. The minimum absolute atomic E-state index is 0.167. The molecule has 1 amide bonds. The largest absolute Gasteiger partial charge is 0.457 e. The summed E-state index contributed by atoms with van der Waals surface area (Å²) in [5.41, 5.74) is 1.10. The van der Waals surface area contributed by atoms with E-state index in [9.17, 15) is 13.2 Å². The van der Waals surface area contributed by atoms with Gasteiger partial charge in [0.05, 0.1) is 15.1 Å². The number of amides is 1. The fraction of sp³-hybridized carbons (Fsp3) is 0.0476. The number of aromatic nitrogens is 1. The Morgan fingerprint density at radius 3 is 2.38 bits per heavy atom. The van der Waals surface area contributed by atoms with E-state index in [0.29, 0.717) is 16.4 Å². The van der Waals surface area contributed by atoms with Gasteiger partial charge in [-0.15, -0.1) is 0 Å². The van der Waals surface area contributed by atoms with E-state index in [0.717, 1.165) is 22.2 Å². The van der Waals surface area contributed by atoms with E-state index in [4.69, 9.17) is 4.74 Å². The zero-order valence-corrected chi connectivity index (χ0v) is 17.0. The lowest BCUT2D eigenvalue weighted by Gasteiger charge is -2.04. The molecule has 1 heterocycles. The molecule has 0 aliphatic carbocycles. The Kier molecular flexibility index (Phi) is 5.04. The monoisotopic (exact) mass is 424 g/mol. The summed E-state index contributed by atoms with van der Waals surface area (Å²) < 4.78 is 29.8. The van der Waals surface area contributed by atoms with Crippen LogP contribution in [-0.4, -0.2) is 25.6 Å². The molecule has 6 nitrogen and oxygen atoms in total. The van der Waals surface area contributed by atoms with Gasteiger partial charge in [-0.1, -0.05) is 29.5 Å². The maximum atomic E-state index is 12.4. The minimum Gasteiger partial charge on any atom is -0.457 e. The summed E-state index contributed by atoms with van der Waals surface area (Å²) in [7, 11) is -3.30. The van der Waals surface area contributed by atoms with Crippen molar-refractivity contribution in [3.05, 3.63) is 78.4 Å². The van der Waals surface area contributed by atoms with Crippen molar-refractivity contribution in [2.24, 2.45) is 0 Å². The number of para-hydroxylation sites is 1. The van der Waals surface area contributed by atoms with Crippen LogP contribution in [0.5, 0.6) is 11.5 Å². The van der Waals surface area contributed by atoms with Crippen molar-refractivity contribution in [1.29, 1.82) is 0 Å². The van der Waals surface area contributed by atoms with Crippen molar-refractivity contribution >= 4 is 42.4 Å². The Bertz CT molecular complexity index is 1280. The van der Waals surface area contributed by atoms with E-state index in [1.165, 1.54) is 35.6 Å². The van der Waals surface area contributed by atoms with Gasteiger partial charge in [0.2, 0.25) is 0 Å². The van der Waals surface area contributed by atoms with Crippen LogP contribution in [0.3, 0.4) is 0 Å². The molecule has 3 aromatic carbocycles. The molecule has 0 saturated heterocycles. The quantitative estimate of drug-likeness (QED) is 0.500. The van der Waals surface area contributed by atoms with Gasteiger partial charge in [-0.2, -0.15) is 0 Å². The molecule has 0 saturated carbocycles. The number of nitrogens with one attached hydrogen (secondary N) is 1. The average molecular weight is 425 g/mol. The predicted octanol–water partition coefficient (Wildman–Crippen LogP) is 4.74. The van der Waals surface area contributed by atoms with Crippen molar-refractivity contribution in [3.8, 4) is 11.5 Å². The number of hydrogen-bond donors (Lipinski definition) is 1. The molecule has 146 valence electrons. The van der Waals surface area contributed by atoms with Gasteiger partial charge in [0.25, 0.3) is 5.91 Å². The van der Waals surface area contributed by atoms with Crippen molar-refractivity contribution in [2.45, 2.75) is 4.90 Å². The number of sulfone groups is 1. The van der Waals surface area contributed by atoms with E-state index in [1.54, 1.807) is 0 Å². The first-order chi connectivity index (χ1) is 13.9. The van der Waals surface area contributed by atoms with Gasteiger partial charge >= 0.3 is 0 Å².